The van der Waals surface area contributed by atoms with Gasteiger partial charge < -0.3 is 9.80 Å². The molecule has 11 nitrogen and oxygen atoms in total. The van der Waals surface area contributed by atoms with Crippen LogP contribution in [0.5, 0.6) is 0 Å². The number of alkyl halides is 1. The highest BCUT2D eigenvalue weighted by atomic mass is 79.9. The molecule has 1 fully saturated rings. The normalized spacial score (nSPS) is 16.7. The van der Waals surface area contributed by atoms with E-state index in [0.717, 1.165) is 18.9 Å². The van der Waals surface area contributed by atoms with Crippen LogP contribution < -0.4 is 4.90 Å². The van der Waals surface area contributed by atoms with Gasteiger partial charge in [0.05, 0.1) is 23.5 Å². The number of nitro benzene ring substituents is 1. The summed E-state index contributed by atoms with van der Waals surface area (Å²) in [6.45, 7) is 2.14. The highest BCUT2D eigenvalue weighted by molar-refractivity contribution is 9.09. The molecule has 0 aromatic heterocycles. The number of anilines is 1. The zero-order valence-electron chi connectivity index (χ0n) is 17.4. The average Bonchev–Trinajstić information content (AvgIpc) is 2.91. The minimum atomic E-state index is -4.03. The molecular weight excluding hydrogens is 516 g/mol. The lowest BCUT2D eigenvalue weighted by Gasteiger charge is -2.28. The molecule has 0 bridgehead atoms. The molecule has 0 aliphatic carbocycles. The lowest BCUT2D eigenvalue weighted by atomic mass is 10.2. The van der Waals surface area contributed by atoms with Crippen molar-refractivity contribution in [3.05, 3.63) is 28.3 Å². The Morgan fingerprint density at radius 2 is 1.87 bits per heavy atom. The number of non-ortho nitro benzene ring substituents is 1. The monoisotopic (exact) mass is 542 g/mol. The second-order valence-corrected chi connectivity index (χ2v) is 11.5. The third-order valence-corrected chi connectivity index (χ3v) is 7.68. The van der Waals surface area contributed by atoms with Gasteiger partial charge in [0.25, 0.3) is 15.8 Å². The number of hydrogen-bond donors (Lipinski definition) is 0. The number of benzene rings is 1. The van der Waals surface area contributed by atoms with Crippen LogP contribution in [0, 0.1) is 10.1 Å². The van der Waals surface area contributed by atoms with Crippen LogP contribution >= 0.6 is 15.9 Å². The first kappa shape index (κ1) is 25.9. The number of likely N-dealkylation sites (N-methyl/N-ethyl adjacent to an activating group) is 1. The molecule has 14 heteroatoms. The molecule has 2 rings (SSSR count). The zero-order valence-corrected chi connectivity index (χ0v) is 20.7. The maximum absolute atomic E-state index is 13.5. The molecule has 176 valence electrons. The first-order valence-corrected chi connectivity index (χ1v) is 14.0. The van der Waals surface area contributed by atoms with Gasteiger partial charge in [0.15, 0.2) is 0 Å². The smallest absolute Gasteiger partial charge is 0.270 e. The van der Waals surface area contributed by atoms with Crippen LogP contribution in [0.1, 0.15) is 6.42 Å². The lowest BCUT2D eigenvalue weighted by Crippen LogP contribution is -2.37. The number of halogens is 1. The molecule has 0 saturated carbocycles. The van der Waals surface area contributed by atoms with Gasteiger partial charge in [-0.2, -0.15) is 12.7 Å². The van der Waals surface area contributed by atoms with Crippen molar-refractivity contribution in [1.29, 1.82) is 0 Å². The van der Waals surface area contributed by atoms with E-state index in [2.05, 4.69) is 15.9 Å². The van der Waals surface area contributed by atoms with Crippen LogP contribution in [0.2, 0.25) is 0 Å². The highest BCUT2D eigenvalue weighted by Crippen LogP contribution is 2.32. The molecule has 0 N–H and O–H groups in total. The van der Waals surface area contributed by atoms with Crippen molar-refractivity contribution < 1.29 is 25.9 Å². The summed E-state index contributed by atoms with van der Waals surface area (Å²) < 4.78 is 55.7. The Morgan fingerprint density at radius 3 is 2.48 bits per heavy atom. The zero-order chi connectivity index (χ0) is 23.2. The van der Waals surface area contributed by atoms with Crippen molar-refractivity contribution in [2.24, 2.45) is 0 Å². The van der Waals surface area contributed by atoms with E-state index in [1.165, 1.54) is 16.4 Å². The van der Waals surface area contributed by atoms with Gasteiger partial charge in [0, 0.05) is 50.2 Å². The lowest BCUT2D eigenvalue weighted by molar-refractivity contribution is -0.385. The van der Waals surface area contributed by atoms with Crippen molar-refractivity contribution in [3.63, 3.8) is 0 Å². The average molecular weight is 543 g/mol. The van der Waals surface area contributed by atoms with E-state index < -0.39 is 25.1 Å². The van der Waals surface area contributed by atoms with Gasteiger partial charge >= 0.3 is 0 Å². The molecule has 1 heterocycles. The number of nitrogens with zero attached hydrogens (tertiary/aromatic N) is 4. The van der Waals surface area contributed by atoms with Crippen LogP contribution in [-0.2, 0) is 24.3 Å². The molecule has 1 aliphatic rings. The van der Waals surface area contributed by atoms with Crippen LogP contribution in [0.3, 0.4) is 0 Å². The Hall–Kier alpha value is -1.32. The Labute approximate surface area is 191 Å². The molecule has 0 spiro atoms. The van der Waals surface area contributed by atoms with Crippen LogP contribution in [-0.4, -0.2) is 95.5 Å². The van der Waals surface area contributed by atoms with E-state index in [1.807, 2.05) is 11.9 Å². The van der Waals surface area contributed by atoms with Crippen LogP contribution in [0.25, 0.3) is 0 Å². The summed E-state index contributed by atoms with van der Waals surface area (Å²) in [6, 6.07) is 3.69. The summed E-state index contributed by atoms with van der Waals surface area (Å²) in [5.74, 6) is 0. The maximum Gasteiger partial charge on any atom is 0.270 e. The molecule has 1 saturated heterocycles. The quantitative estimate of drug-likeness (QED) is 0.184. The molecule has 1 aromatic rings. The third-order valence-electron chi connectivity index (χ3n) is 4.80. The minimum absolute atomic E-state index is 0.0851. The van der Waals surface area contributed by atoms with Gasteiger partial charge in [-0.15, -0.1) is 0 Å². The Morgan fingerprint density at radius 1 is 1.16 bits per heavy atom. The van der Waals surface area contributed by atoms with Gasteiger partial charge in [-0.1, -0.05) is 15.9 Å². The molecule has 0 radical (unpaired) electrons. The highest BCUT2D eigenvalue weighted by Gasteiger charge is 2.31. The molecular formula is C17H27BrN4O7S2. The van der Waals surface area contributed by atoms with Crippen molar-refractivity contribution in [1.82, 2.24) is 9.21 Å². The van der Waals surface area contributed by atoms with Crippen molar-refractivity contribution in [3.8, 4) is 0 Å². The van der Waals surface area contributed by atoms with Gasteiger partial charge in [-0.3, -0.25) is 14.3 Å². The number of hydrogen-bond acceptors (Lipinski definition) is 9. The second kappa shape index (κ2) is 11.0. The Bertz CT molecular complexity index is 988. The van der Waals surface area contributed by atoms with Crippen molar-refractivity contribution >= 4 is 47.4 Å². The summed E-state index contributed by atoms with van der Waals surface area (Å²) in [5.41, 5.74) is -0.0693. The van der Waals surface area contributed by atoms with Crippen molar-refractivity contribution in [2.75, 3.05) is 69.4 Å². The van der Waals surface area contributed by atoms with E-state index in [1.54, 1.807) is 4.90 Å². The summed E-state index contributed by atoms with van der Waals surface area (Å²) in [6.07, 6.45) is 1.58. The van der Waals surface area contributed by atoms with Gasteiger partial charge in [0.1, 0.15) is 4.90 Å². The predicted molar refractivity (Wildman–Crippen MR) is 121 cm³/mol. The van der Waals surface area contributed by atoms with E-state index >= 15 is 0 Å². The van der Waals surface area contributed by atoms with E-state index in [0.29, 0.717) is 31.4 Å². The fourth-order valence-electron chi connectivity index (χ4n) is 3.24. The largest absolute Gasteiger partial charge is 0.367 e. The standard InChI is InChI=1S/C17H27BrN4O7S2/c1-19-7-3-8-21(11-10-19)31(27,28)17-14-15(22(23)24)4-5-16(17)20(9-6-18)12-13-29-30(2,25)26/h4-5,14H,3,6-13H2,1-2H3. The van der Waals surface area contributed by atoms with Gasteiger partial charge in [-0.25, -0.2) is 8.42 Å². The Kier molecular flexibility index (Phi) is 9.21. The number of nitro groups is 1. The maximum atomic E-state index is 13.5. The molecule has 0 unspecified atom stereocenters. The first-order valence-electron chi connectivity index (χ1n) is 9.58. The fourth-order valence-corrected chi connectivity index (χ4v) is 5.75. The van der Waals surface area contributed by atoms with E-state index in [-0.39, 0.29) is 36.0 Å². The first-order chi connectivity index (χ1) is 14.5. The SMILES string of the molecule is CN1CCCN(S(=O)(=O)c2cc([N+](=O)[O-])ccc2N(CCBr)CCOS(C)(=O)=O)CC1. The topological polar surface area (TPSA) is 130 Å². The summed E-state index contributed by atoms with van der Waals surface area (Å²) >= 11 is 3.31. The minimum Gasteiger partial charge on any atom is -0.367 e. The summed E-state index contributed by atoms with van der Waals surface area (Å²) in [7, 11) is -5.77. The molecule has 0 atom stereocenters. The molecule has 1 aliphatic heterocycles. The van der Waals surface area contributed by atoms with Crippen LogP contribution in [0.15, 0.2) is 23.1 Å². The van der Waals surface area contributed by atoms with Crippen LogP contribution in [0.4, 0.5) is 11.4 Å². The summed E-state index contributed by atoms with van der Waals surface area (Å²) in [5, 5.41) is 11.8. The third kappa shape index (κ3) is 7.36. The number of sulfonamides is 1. The molecule has 31 heavy (non-hydrogen) atoms. The molecule has 0 amide bonds. The van der Waals surface area contributed by atoms with E-state index in [9.17, 15) is 26.9 Å². The van der Waals surface area contributed by atoms with Gasteiger partial charge in [0.2, 0.25) is 10.0 Å². The second-order valence-electron chi connectivity index (χ2n) is 7.17. The fraction of sp³-hybridized carbons (Fsp3) is 0.647. The molecule has 1 aromatic carbocycles. The van der Waals surface area contributed by atoms with Gasteiger partial charge in [-0.05, 0) is 26.1 Å². The Balaban J connectivity index is 2.47. The predicted octanol–water partition coefficient (Wildman–Crippen LogP) is 1.10. The van der Waals surface area contributed by atoms with E-state index in [4.69, 9.17) is 4.18 Å². The summed E-state index contributed by atoms with van der Waals surface area (Å²) in [4.78, 5) is 14.2. The number of rotatable bonds is 10. The van der Waals surface area contributed by atoms with Crippen molar-refractivity contribution in [2.45, 2.75) is 11.3 Å².